The minimum atomic E-state index is -3.51. The second-order valence-electron chi connectivity index (χ2n) is 5.56. The molecule has 0 aliphatic heterocycles. The van der Waals surface area contributed by atoms with Crippen LogP contribution < -0.4 is 9.47 Å². The molecule has 1 aliphatic rings. The van der Waals surface area contributed by atoms with Crippen LogP contribution in [0.4, 0.5) is 0 Å². The Morgan fingerprint density at radius 1 is 1.27 bits per heavy atom. The predicted molar refractivity (Wildman–Crippen MR) is 80.4 cm³/mol. The standard InChI is InChI=1S/C15H20O6S/c1-20-12-6-11(10(7-15(16)17)9-4-5-9)14(22(3,18)19)8-13(12)21-2/h6,8-10H,4-5,7H2,1-3H3,(H,16,17). The molecule has 1 unspecified atom stereocenters. The maximum atomic E-state index is 12.1. The molecule has 0 amide bonds. The van der Waals surface area contributed by atoms with Crippen LogP contribution in [-0.4, -0.2) is 40.0 Å². The van der Waals surface area contributed by atoms with Crippen LogP contribution in [0.1, 0.15) is 30.7 Å². The predicted octanol–water partition coefficient (Wildman–Crippen LogP) is 2.08. The number of carboxylic acids is 1. The monoisotopic (exact) mass is 328 g/mol. The molecule has 1 atom stereocenters. The van der Waals surface area contributed by atoms with Gasteiger partial charge >= 0.3 is 5.97 Å². The van der Waals surface area contributed by atoms with Crippen molar-refractivity contribution >= 4 is 15.8 Å². The number of sulfone groups is 1. The van der Waals surface area contributed by atoms with Gasteiger partial charge in [0, 0.05) is 12.3 Å². The highest BCUT2D eigenvalue weighted by molar-refractivity contribution is 7.90. The first kappa shape index (κ1) is 16.6. The normalized spacial score (nSPS) is 16.1. The van der Waals surface area contributed by atoms with E-state index in [0.717, 1.165) is 19.1 Å². The Labute approximate surface area is 130 Å². The molecule has 1 aromatic carbocycles. The maximum absolute atomic E-state index is 12.1. The Balaban J connectivity index is 2.62. The van der Waals surface area contributed by atoms with E-state index in [9.17, 15) is 13.2 Å². The van der Waals surface area contributed by atoms with Crippen LogP contribution >= 0.6 is 0 Å². The van der Waals surface area contributed by atoms with E-state index in [4.69, 9.17) is 14.6 Å². The first-order chi connectivity index (χ1) is 10.3. The fourth-order valence-corrected chi connectivity index (χ4v) is 3.66. The molecule has 22 heavy (non-hydrogen) atoms. The summed E-state index contributed by atoms with van der Waals surface area (Å²) in [6.45, 7) is 0. The molecule has 0 bridgehead atoms. The summed E-state index contributed by atoms with van der Waals surface area (Å²) in [5, 5.41) is 9.14. The molecule has 1 saturated carbocycles. The highest BCUT2D eigenvalue weighted by Crippen LogP contribution is 2.48. The number of methoxy groups -OCH3 is 2. The maximum Gasteiger partial charge on any atom is 0.303 e. The van der Waals surface area contributed by atoms with Crippen LogP contribution in [0.2, 0.25) is 0 Å². The third-order valence-electron chi connectivity index (χ3n) is 3.90. The fourth-order valence-electron chi connectivity index (χ4n) is 2.70. The zero-order valence-corrected chi connectivity index (χ0v) is 13.6. The van der Waals surface area contributed by atoms with Crippen molar-refractivity contribution in [1.29, 1.82) is 0 Å². The van der Waals surface area contributed by atoms with Crippen LogP contribution in [0.5, 0.6) is 11.5 Å². The smallest absolute Gasteiger partial charge is 0.303 e. The molecule has 0 aromatic heterocycles. The van der Waals surface area contributed by atoms with E-state index in [1.54, 1.807) is 6.07 Å². The molecule has 2 rings (SSSR count). The number of ether oxygens (including phenoxy) is 2. The summed E-state index contributed by atoms with van der Waals surface area (Å²) in [7, 11) is -0.613. The summed E-state index contributed by atoms with van der Waals surface area (Å²) >= 11 is 0. The number of aliphatic carboxylic acids is 1. The molecule has 0 heterocycles. The summed E-state index contributed by atoms with van der Waals surface area (Å²) in [5.41, 5.74) is 0.505. The van der Waals surface area contributed by atoms with Gasteiger partial charge in [-0.2, -0.15) is 0 Å². The Morgan fingerprint density at radius 2 is 1.82 bits per heavy atom. The van der Waals surface area contributed by atoms with E-state index in [0.29, 0.717) is 17.1 Å². The summed E-state index contributed by atoms with van der Waals surface area (Å²) in [4.78, 5) is 11.3. The molecule has 122 valence electrons. The lowest BCUT2D eigenvalue weighted by Gasteiger charge is -2.20. The van der Waals surface area contributed by atoms with Crippen LogP contribution in [-0.2, 0) is 14.6 Å². The van der Waals surface area contributed by atoms with E-state index in [2.05, 4.69) is 0 Å². The van der Waals surface area contributed by atoms with Crippen molar-refractivity contribution < 1.29 is 27.8 Å². The molecule has 1 aromatic rings. The van der Waals surface area contributed by atoms with E-state index in [-0.39, 0.29) is 23.2 Å². The number of carbonyl (C=O) groups is 1. The average Bonchev–Trinajstić information content (AvgIpc) is 3.26. The van der Waals surface area contributed by atoms with Gasteiger partial charge in [0.25, 0.3) is 0 Å². The van der Waals surface area contributed by atoms with Gasteiger partial charge in [-0.1, -0.05) is 0 Å². The average molecular weight is 328 g/mol. The van der Waals surface area contributed by atoms with Crippen molar-refractivity contribution in [3.8, 4) is 11.5 Å². The largest absolute Gasteiger partial charge is 0.493 e. The van der Waals surface area contributed by atoms with Gasteiger partial charge in [-0.3, -0.25) is 4.79 Å². The van der Waals surface area contributed by atoms with Crippen molar-refractivity contribution in [2.75, 3.05) is 20.5 Å². The number of rotatable bonds is 7. The van der Waals surface area contributed by atoms with Gasteiger partial charge < -0.3 is 14.6 Å². The fraction of sp³-hybridized carbons (Fsp3) is 0.533. The van der Waals surface area contributed by atoms with E-state index in [1.165, 1.54) is 20.3 Å². The third-order valence-corrected chi connectivity index (χ3v) is 5.05. The second-order valence-corrected chi connectivity index (χ2v) is 7.54. The summed E-state index contributed by atoms with van der Waals surface area (Å²) in [6, 6.07) is 3.02. The van der Waals surface area contributed by atoms with Crippen molar-refractivity contribution in [2.24, 2.45) is 5.92 Å². The number of benzene rings is 1. The second kappa shape index (κ2) is 6.16. The molecule has 0 saturated heterocycles. The highest BCUT2D eigenvalue weighted by atomic mass is 32.2. The van der Waals surface area contributed by atoms with Gasteiger partial charge in [0.2, 0.25) is 0 Å². The van der Waals surface area contributed by atoms with E-state index in [1.807, 2.05) is 0 Å². The van der Waals surface area contributed by atoms with Gasteiger partial charge in [0.15, 0.2) is 21.3 Å². The Kier molecular flexibility index (Phi) is 4.65. The number of hydrogen-bond acceptors (Lipinski definition) is 5. The third kappa shape index (κ3) is 3.52. The van der Waals surface area contributed by atoms with Gasteiger partial charge in [-0.15, -0.1) is 0 Å². The molecule has 1 aliphatic carbocycles. The van der Waals surface area contributed by atoms with Crippen molar-refractivity contribution in [2.45, 2.75) is 30.1 Å². The van der Waals surface area contributed by atoms with Crippen molar-refractivity contribution in [3.63, 3.8) is 0 Å². The molecule has 1 N–H and O–H groups in total. The lowest BCUT2D eigenvalue weighted by Crippen LogP contribution is -2.13. The Hall–Kier alpha value is -1.76. The summed E-state index contributed by atoms with van der Waals surface area (Å²) < 4.78 is 34.6. The number of hydrogen-bond donors (Lipinski definition) is 1. The van der Waals surface area contributed by atoms with E-state index < -0.39 is 15.8 Å². The van der Waals surface area contributed by atoms with Crippen LogP contribution in [0.3, 0.4) is 0 Å². The first-order valence-corrected chi connectivity index (χ1v) is 8.84. The quantitative estimate of drug-likeness (QED) is 0.824. The summed E-state index contributed by atoms with van der Waals surface area (Å²) in [6.07, 6.45) is 2.84. The number of carboxylic acid groups (broad SMARTS) is 1. The minimum absolute atomic E-state index is 0.0946. The van der Waals surface area contributed by atoms with Crippen molar-refractivity contribution in [3.05, 3.63) is 17.7 Å². The van der Waals surface area contributed by atoms with Gasteiger partial charge in [-0.05, 0) is 36.3 Å². The molecule has 0 radical (unpaired) electrons. The lowest BCUT2D eigenvalue weighted by molar-refractivity contribution is -0.137. The SMILES string of the molecule is COc1cc(C(CC(=O)O)C2CC2)c(S(C)(=O)=O)cc1OC. The van der Waals surface area contributed by atoms with Crippen LogP contribution in [0.25, 0.3) is 0 Å². The van der Waals surface area contributed by atoms with Crippen LogP contribution in [0, 0.1) is 5.92 Å². The molecule has 1 fully saturated rings. The molecule has 0 spiro atoms. The topological polar surface area (TPSA) is 89.9 Å². The Bertz CT molecular complexity index is 676. The molecule has 7 heteroatoms. The molecular weight excluding hydrogens is 308 g/mol. The zero-order chi connectivity index (χ0) is 16.5. The van der Waals surface area contributed by atoms with Crippen molar-refractivity contribution in [1.82, 2.24) is 0 Å². The first-order valence-electron chi connectivity index (χ1n) is 6.95. The van der Waals surface area contributed by atoms with Gasteiger partial charge in [0.1, 0.15) is 0 Å². The lowest BCUT2D eigenvalue weighted by atomic mass is 9.90. The van der Waals surface area contributed by atoms with Gasteiger partial charge in [-0.25, -0.2) is 8.42 Å². The zero-order valence-electron chi connectivity index (χ0n) is 12.8. The van der Waals surface area contributed by atoms with E-state index >= 15 is 0 Å². The summed E-state index contributed by atoms with van der Waals surface area (Å²) in [5.74, 6) is -0.347. The molecule has 6 nitrogen and oxygen atoms in total. The van der Waals surface area contributed by atoms with Gasteiger partial charge in [0.05, 0.1) is 25.5 Å². The van der Waals surface area contributed by atoms with Crippen LogP contribution in [0.15, 0.2) is 17.0 Å². The Morgan fingerprint density at radius 3 is 2.23 bits per heavy atom. The molecular formula is C15H20O6S. The highest BCUT2D eigenvalue weighted by Gasteiger charge is 2.37. The minimum Gasteiger partial charge on any atom is -0.493 e.